The number of nitrogens with one attached hydrogen (secondary N) is 1. The van der Waals surface area contributed by atoms with E-state index >= 15 is 0 Å². The molecule has 120 valence electrons. The summed E-state index contributed by atoms with van der Waals surface area (Å²) >= 11 is 0. The minimum Gasteiger partial charge on any atom is -0.494 e. The minimum atomic E-state index is -0.437. The molecule has 1 unspecified atom stereocenters. The molecular weight excluding hydrogens is 285 g/mol. The van der Waals surface area contributed by atoms with Gasteiger partial charge in [-0.3, -0.25) is 0 Å². The van der Waals surface area contributed by atoms with Crippen molar-refractivity contribution in [3.63, 3.8) is 0 Å². The van der Waals surface area contributed by atoms with Crippen molar-refractivity contribution < 1.29 is 13.9 Å². The van der Waals surface area contributed by atoms with Crippen molar-refractivity contribution in [1.82, 2.24) is 9.97 Å². The summed E-state index contributed by atoms with van der Waals surface area (Å²) in [6, 6.07) is 3.09. The fourth-order valence-corrected chi connectivity index (χ4v) is 2.43. The van der Waals surface area contributed by atoms with Gasteiger partial charge >= 0.3 is 0 Å². The van der Waals surface area contributed by atoms with Crippen LogP contribution in [0.25, 0.3) is 10.9 Å². The number of ether oxygens (including phenoxy) is 2. The first kappa shape index (κ1) is 16.4. The zero-order valence-corrected chi connectivity index (χ0v) is 13.6. The maximum Gasteiger partial charge on any atom is 0.167 e. The van der Waals surface area contributed by atoms with Gasteiger partial charge in [0.2, 0.25) is 0 Å². The molecule has 0 aliphatic heterocycles. The van der Waals surface area contributed by atoms with E-state index in [2.05, 4.69) is 22.2 Å². The molecule has 0 saturated carbocycles. The molecule has 6 heteroatoms. The molecule has 1 heterocycles. The van der Waals surface area contributed by atoms with Crippen molar-refractivity contribution in [2.45, 2.75) is 38.8 Å². The molecule has 2 aromatic rings. The van der Waals surface area contributed by atoms with E-state index in [9.17, 15) is 4.39 Å². The van der Waals surface area contributed by atoms with Crippen molar-refractivity contribution >= 4 is 16.7 Å². The topological polar surface area (TPSA) is 56.3 Å². The van der Waals surface area contributed by atoms with Crippen LogP contribution in [0.5, 0.6) is 5.75 Å². The Kier molecular flexibility index (Phi) is 4.81. The van der Waals surface area contributed by atoms with Crippen molar-refractivity contribution in [2.24, 2.45) is 0 Å². The number of halogens is 1. The molecule has 0 fully saturated rings. The first-order valence-corrected chi connectivity index (χ1v) is 7.16. The highest BCUT2D eigenvalue weighted by Gasteiger charge is 2.21. The second-order valence-electron chi connectivity index (χ2n) is 5.94. The lowest BCUT2D eigenvalue weighted by Gasteiger charge is -2.27. The Bertz CT molecular complexity index is 661. The lowest BCUT2D eigenvalue weighted by molar-refractivity contribution is 0.0128. The number of nitrogens with zero attached hydrogens (tertiary/aromatic N) is 2. The molecule has 0 amide bonds. The molecule has 2 rings (SSSR count). The molecule has 1 N–H and O–H groups in total. The smallest absolute Gasteiger partial charge is 0.167 e. The molecule has 0 aliphatic rings. The Morgan fingerprint density at radius 1 is 1.27 bits per heavy atom. The van der Waals surface area contributed by atoms with Crippen LogP contribution in [0.3, 0.4) is 0 Å². The maximum atomic E-state index is 13.8. The number of rotatable bonds is 6. The van der Waals surface area contributed by atoms with Gasteiger partial charge in [0.15, 0.2) is 11.6 Å². The van der Waals surface area contributed by atoms with Crippen molar-refractivity contribution in [1.29, 1.82) is 0 Å². The summed E-state index contributed by atoms with van der Waals surface area (Å²) < 4.78 is 24.2. The first-order chi connectivity index (χ1) is 10.4. The highest BCUT2D eigenvalue weighted by molar-refractivity contribution is 5.90. The van der Waals surface area contributed by atoms with E-state index in [1.54, 1.807) is 13.2 Å². The van der Waals surface area contributed by atoms with E-state index in [0.29, 0.717) is 11.3 Å². The van der Waals surface area contributed by atoms with Crippen LogP contribution in [0.4, 0.5) is 10.2 Å². The predicted octanol–water partition coefficient (Wildman–Crippen LogP) is 3.39. The molecule has 0 spiro atoms. The van der Waals surface area contributed by atoms with Crippen molar-refractivity contribution in [2.75, 3.05) is 19.5 Å². The molecule has 22 heavy (non-hydrogen) atoms. The molecular formula is C16H22FN3O2. The molecule has 0 radical (unpaired) electrons. The van der Waals surface area contributed by atoms with Crippen LogP contribution in [-0.4, -0.2) is 35.8 Å². The summed E-state index contributed by atoms with van der Waals surface area (Å²) in [7, 11) is 3.13. The number of fused-ring (bicyclic) bond motifs is 1. The number of anilines is 1. The number of methoxy groups -OCH3 is 2. The van der Waals surface area contributed by atoms with Crippen LogP contribution in [-0.2, 0) is 4.74 Å². The fourth-order valence-electron chi connectivity index (χ4n) is 2.43. The average molecular weight is 307 g/mol. The van der Waals surface area contributed by atoms with Crippen molar-refractivity contribution in [3.8, 4) is 5.75 Å². The molecule has 1 aromatic carbocycles. The Labute approximate surface area is 129 Å². The normalized spacial score (nSPS) is 13.2. The molecule has 1 aromatic heterocycles. The number of aromatic nitrogens is 2. The Hall–Kier alpha value is -1.95. The minimum absolute atomic E-state index is 0.129. The lowest BCUT2D eigenvalue weighted by Crippen LogP contribution is -2.31. The van der Waals surface area contributed by atoms with E-state index in [-0.39, 0.29) is 17.4 Å². The van der Waals surface area contributed by atoms with Crippen LogP contribution in [0.1, 0.15) is 27.2 Å². The van der Waals surface area contributed by atoms with Gasteiger partial charge in [0.1, 0.15) is 12.1 Å². The second-order valence-corrected chi connectivity index (χ2v) is 5.94. The standard InChI is InChI=1S/C16H22FN3O2/c1-10(8-16(2,3)22-5)20-15-11-6-14(21-4)12(17)7-13(11)18-9-19-15/h6-7,9-10H,8H2,1-5H3,(H,18,19,20). The fraction of sp³-hybridized carbons (Fsp3) is 0.500. The van der Waals surface area contributed by atoms with Gasteiger partial charge < -0.3 is 14.8 Å². The van der Waals surface area contributed by atoms with Gasteiger partial charge in [-0.2, -0.15) is 0 Å². The van der Waals surface area contributed by atoms with Crippen LogP contribution < -0.4 is 10.1 Å². The molecule has 1 atom stereocenters. The van der Waals surface area contributed by atoms with Crippen LogP contribution in [0.15, 0.2) is 18.5 Å². The maximum absolute atomic E-state index is 13.8. The summed E-state index contributed by atoms with van der Waals surface area (Å²) in [6.07, 6.45) is 2.22. The highest BCUT2D eigenvalue weighted by atomic mass is 19.1. The van der Waals surface area contributed by atoms with Crippen LogP contribution >= 0.6 is 0 Å². The van der Waals surface area contributed by atoms with Gasteiger partial charge in [0, 0.05) is 24.6 Å². The molecule has 0 bridgehead atoms. The van der Waals surface area contributed by atoms with E-state index < -0.39 is 5.82 Å². The third-order valence-corrected chi connectivity index (χ3v) is 3.64. The van der Waals surface area contributed by atoms with Gasteiger partial charge in [0.05, 0.1) is 18.2 Å². The van der Waals surface area contributed by atoms with Gasteiger partial charge in [-0.15, -0.1) is 0 Å². The SMILES string of the molecule is COc1cc2c(NC(C)CC(C)(C)OC)ncnc2cc1F. The first-order valence-electron chi connectivity index (χ1n) is 7.16. The average Bonchev–Trinajstić information content (AvgIpc) is 2.46. The number of benzene rings is 1. The summed E-state index contributed by atoms with van der Waals surface area (Å²) in [4.78, 5) is 8.37. The second kappa shape index (κ2) is 6.44. The van der Waals surface area contributed by atoms with Gasteiger partial charge in [-0.1, -0.05) is 0 Å². The number of hydrogen-bond acceptors (Lipinski definition) is 5. The quantitative estimate of drug-likeness (QED) is 0.886. The van der Waals surface area contributed by atoms with Gasteiger partial charge in [0.25, 0.3) is 0 Å². The summed E-state index contributed by atoms with van der Waals surface area (Å²) in [5.41, 5.74) is 0.299. The van der Waals surface area contributed by atoms with E-state index in [1.807, 2.05) is 13.8 Å². The van der Waals surface area contributed by atoms with Crippen molar-refractivity contribution in [3.05, 3.63) is 24.3 Å². The molecule has 5 nitrogen and oxygen atoms in total. The van der Waals surface area contributed by atoms with E-state index in [1.165, 1.54) is 19.5 Å². The third kappa shape index (κ3) is 3.62. The molecule has 0 saturated heterocycles. The highest BCUT2D eigenvalue weighted by Crippen LogP contribution is 2.28. The predicted molar refractivity (Wildman–Crippen MR) is 84.8 cm³/mol. The van der Waals surface area contributed by atoms with E-state index in [4.69, 9.17) is 9.47 Å². The molecule has 0 aliphatic carbocycles. The summed E-state index contributed by atoms with van der Waals surface area (Å²) in [6.45, 7) is 6.11. The largest absolute Gasteiger partial charge is 0.494 e. The number of hydrogen-bond donors (Lipinski definition) is 1. The van der Waals surface area contributed by atoms with Crippen LogP contribution in [0, 0.1) is 5.82 Å². The van der Waals surface area contributed by atoms with Gasteiger partial charge in [-0.05, 0) is 33.3 Å². The van der Waals surface area contributed by atoms with Crippen LogP contribution in [0.2, 0.25) is 0 Å². The third-order valence-electron chi connectivity index (χ3n) is 3.64. The lowest BCUT2D eigenvalue weighted by atomic mass is 10.00. The summed E-state index contributed by atoms with van der Waals surface area (Å²) in [5.74, 6) is 0.395. The Morgan fingerprint density at radius 3 is 2.64 bits per heavy atom. The Balaban J connectivity index is 2.31. The zero-order chi connectivity index (χ0) is 16.3. The Morgan fingerprint density at radius 2 is 2.00 bits per heavy atom. The monoisotopic (exact) mass is 307 g/mol. The summed E-state index contributed by atoms with van der Waals surface area (Å²) in [5, 5.41) is 4.06. The van der Waals surface area contributed by atoms with Gasteiger partial charge in [-0.25, -0.2) is 14.4 Å². The van der Waals surface area contributed by atoms with E-state index in [0.717, 1.165) is 11.8 Å². The zero-order valence-electron chi connectivity index (χ0n) is 13.6.